The summed E-state index contributed by atoms with van der Waals surface area (Å²) in [6, 6.07) is 28.5. The Morgan fingerprint density at radius 1 is 0.667 bits per heavy atom. The lowest BCUT2D eigenvalue weighted by Crippen LogP contribution is -2.58. The number of fused-ring (bicyclic) bond motifs is 1. The maximum atomic E-state index is 14.4. The summed E-state index contributed by atoms with van der Waals surface area (Å²) in [5.74, 6) is -1.32. The molecule has 0 saturated heterocycles. The number of hydrogen-bond acceptors (Lipinski definition) is 9. The molecule has 2 atom stereocenters. The van der Waals surface area contributed by atoms with E-state index in [2.05, 4.69) is 17.4 Å². The van der Waals surface area contributed by atoms with Crippen LogP contribution in [0, 0.1) is 0 Å². The molecule has 1 heterocycles. The molecule has 0 bridgehead atoms. The van der Waals surface area contributed by atoms with Gasteiger partial charge in [-0.2, -0.15) is 0 Å². The second-order valence-corrected chi connectivity index (χ2v) is 16.4. The van der Waals surface area contributed by atoms with Gasteiger partial charge < -0.3 is 34.1 Å². The lowest BCUT2D eigenvalue weighted by atomic mass is 9.97. The van der Waals surface area contributed by atoms with Crippen LogP contribution in [0.5, 0.6) is 28.7 Å². The Kier molecular flexibility index (Phi) is 12.1. The third kappa shape index (κ3) is 8.85. The highest BCUT2D eigenvalue weighted by Crippen LogP contribution is 2.45. The molecule has 2 unspecified atom stereocenters. The first-order chi connectivity index (χ1) is 27.9. The standard InChI is InChI=1S/C48H55NO8/c1-32(49-30-37(50)31-53-41-23-11-8-20-38(41)34-14-2-3-15-34)28-33-26-27-44-45(29-33)57-48(56-44,46(51)54-42-24-12-9-21-39(42)35-16-4-5-17-35)47(52)55-43-25-13-10-22-40(43)36-18-6-7-19-36/h8-13,20-27,29,32,34-37,49-50H,2-7,14-19,28,30-31H2,1H3. The van der Waals surface area contributed by atoms with Gasteiger partial charge in [0, 0.05) is 12.6 Å². The SMILES string of the molecule is CC(Cc1ccc2c(c1)OC(C(=O)Oc1ccccc1C1CCCC1)(C(=O)Oc1ccccc1C1CCCC1)O2)NCC(O)COc1ccccc1C1CCCC1. The van der Waals surface area contributed by atoms with Gasteiger partial charge >= 0.3 is 17.7 Å². The normalized spacial score (nSPS) is 19.1. The first kappa shape index (κ1) is 39.0. The number of hydrogen-bond donors (Lipinski definition) is 2. The topological polar surface area (TPSA) is 113 Å². The molecule has 4 aromatic carbocycles. The van der Waals surface area contributed by atoms with Crippen molar-refractivity contribution >= 4 is 11.9 Å². The fourth-order valence-electron chi connectivity index (χ4n) is 9.25. The van der Waals surface area contributed by atoms with Crippen LogP contribution >= 0.6 is 0 Å². The molecule has 0 spiro atoms. The Labute approximate surface area is 336 Å². The number of esters is 2. The van der Waals surface area contributed by atoms with Gasteiger partial charge in [-0.15, -0.1) is 0 Å². The van der Waals surface area contributed by atoms with Crippen LogP contribution in [0.3, 0.4) is 0 Å². The number of para-hydroxylation sites is 3. The smallest absolute Gasteiger partial charge is 0.454 e. The predicted octanol–water partition coefficient (Wildman–Crippen LogP) is 9.30. The molecule has 0 aromatic heterocycles. The van der Waals surface area contributed by atoms with Crippen LogP contribution in [-0.2, 0) is 16.0 Å². The van der Waals surface area contributed by atoms with E-state index in [1.165, 1.54) is 31.2 Å². The zero-order valence-corrected chi connectivity index (χ0v) is 33.0. The van der Waals surface area contributed by atoms with E-state index < -0.39 is 23.8 Å². The zero-order chi connectivity index (χ0) is 39.2. The van der Waals surface area contributed by atoms with Gasteiger partial charge in [-0.3, -0.25) is 0 Å². The summed E-state index contributed by atoms with van der Waals surface area (Å²) in [6.45, 7) is 2.58. The zero-order valence-electron chi connectivity index (χ0n) is 33.0. The van der Waals surface area contributed by atoms with E-state index in [1.54, 1.807) is 24.3 Å². The molecule has 9 heteroatoms. The quantitative estimate of drug-likeness (QED) is 0.0694. The molecule has 4 aliphatic rings. The van der Waals surface area contributed by atoms with Crippen LogP contribution in [0.1, 0.15) is 124 Å². The van der Waals surface area contributed by atoms with Crippen LogP contribution in [0.15, 0.2) is 91.0 Å². The van der Waals surface area contributed by atoms with Crippen molar-refractivity contribution in [2.75, 3.05) is 13.2 Å². The Balaban J connectivity index is 0.954. The minimum atomic E-state index is -2.52. The van der Waals surface area contributed by atoms with Crippen LogP contribution in [0.4, 0.5) is 0 Å². The van der Waals surface area contributed by atoms with Gasteiger partial charge in [-0.1, -0.05) is 99.2 Å². The highest BCUT2D eigenvalue weighted by Gasteiger charge is 2.60. The molecule has 3 fully saturated rings. The Hall–Kier alpha value is -4.86. The van der Waals surface area contributed by atoms with Gasteiger partial charge in [-0.05, 0) is 122 Å². The third-order valence-corrected chi connectivity index (χ3v) is 12.3. The highest BCUT2D eigenvalue weighted by molar-refractivity contribution is 6.05. The number of aliphatic hydroxyl groups excluding tert-OH is 1. The second-order valence-electron chi connectivity index (χ2n) is 16.4. The van der Waals surface area contributed by atoms with Crippen molar-refractivity contribution in [2.45, 2.75) is 126 Å². The number of nitrogens with one attached hydrogen (secondary N) is 1. The van der Waals surface area contributed by atoms with E-state index in [4.69, 9.17) is 23.7 Å². The summed E-state index contributed by atoms with van der Waals surface area (Å²) in [4.78, 5) is 28.7. The number of carbonyl (C=O) groups is 2. The molecule has 8 rings (SSSR count). The number of benzene rings is 4. The lowest BCUT2D eigenvalue weighted by molar-refractivity contribution is -0.190. The molecule has 300 valence electrons. The first-order valence-electron chi connectivity index (χ1n) is 21.1. The first-order valence-corrected chi connectivity index (χ1v) is 21.1. The van der Waals surface area contributed by atoms with Gasteiger partial charge in [0.1, 0.15) is 30.0 Å². The Bertz CT molecular complexity index is 1940. The lowest BCUT2D eigenvalue weighted by Gasteiger charge is -2.25. The minimum absolute atomic E-state index is 0.0235. The molecule has 3 aliphatic carbocycles. The summed E-state index contributed by atoms with van der Waals surface area (Å²) < 4.78 is 30.7. The van der Waals surface area contributed by atoms with Crippen LogP contribution in [0.2, 0.25) is 0 Å². The fourth-order valence-corrected chi connectivity index (χ4v) is 9.25. The maximum Gasteiger partial charge on any atom is 0.454 e. The van der Waals surface area contributed by atoms with Crippen LogP contribution < -0.4 is 29.0 Å². The van der Waals surface area contributed by atoms with Gasteiger partial charge in [-0.25, -0.2) is 9.59 Å². The number of ether oxygens (including phenoxy) is 5. The average molecular weight is 774 g/mol. The molecule has 57 heavy (non-hydrogen) atoms. The summed E-state index contributed by atoms with van der Waals surface area (Å²) in [5, 5.41) is 14.2. The fraction of sp³-hybridized carbons (Fsp3) is 0.458. The molecular weight excluding hydrogens is 719 g/mol. The van der Waals surface area contributed by atoms with Crippen molar-refractivity contribution in [1.29, 1.82) is 0 Å². The summed E-state index contributed by atoms with van der Waals surface area (Å²) >= 11 is 0. The number of aliphatic hydroxyl groups is 1. The largest absolute Gasteiger partial charge is 0.491 e. The van der Waals surface area contributed by atoms with E-state index >= 15 is 0 Å². The Morgan fingerprint density at radius 2 is 1.12 bits per heavy atom. The highest BCUT2D eigenvalue weighted by atomic mass is 16.8. The molecule has 0 radical (unpaired) electrons. The van der Waals surface area contributed by atoms with Crippen molar-refractivity contribution in [3.63, 3.8) is 0 Å². The molecule has 1 aliphatic heterocycles. The number of rotatable bonds is 15. The second kappa shape index (κ2) is 17.7. The molecule has 2 N–H and O–H groups in total. The summed E-state index contributed by atoms with van der Waals surface area (Å²) in [7, 11) is 0. The van der Waals surface area contributed by atoms with Gasteiger partial charge in [0.15, 0.2) is 11.5 Å². The Morgan fingerprint density at radius 3 is 1.65 bits per heavy atom. The van der Waals surface area contributed by atoms with Gasteiger partial charge in [0.2, 0.25) is 0 Å². The summed E-state index contributed by atoms with van der Waals surface area (Å²) in [6.07, 6.45) is 13.3. The van der Waals surface area contributed by atoms with Gasteiger partial charge in [0.05, 0.1) is 0 Å². The van der Waals surface area contributed by atoms with E-state index in [0.717, 1.165) is 73.8 Å². The molecule has 3 saturated carbocycles. The van der Waals surface area contributed by atoms with Crippen molar-refractivity contribution in [3.05, 3.63) is 113 Å². The predicted molar refractivity (Wildman–Crippen MR) is 217 cm³/mol. The summed E-state index contributed by atoms with van der Waals surface area (Å²) in [5.41, 5.74) is 4.00. The van der Waals surface area contributed by atoms with Crippen molar-refractivity contribution in [3.8, 4) is 28.7 Å². The monoisotopic (exact) mass is 773 g/mol. The molecule has 4 aromatic rings. The minimum Gasteiger partial charge on any atom is -0.491 e. The molecule has 9 nitrogen and oxygen atoms in total. The van der Waals surface area contributed by atoms with Gasteiger partial charge in [0.25, 0.3) is 0 Å². The van der Waals surface area contributed by atoms with E-state index in [9.17, 15) is 14.7 Å². The third-order valence-electron chi connectivity index (χ3n) is 12.3. The molecule has 0 amide bonds. The van der Waals surface area contributed by atoms with Crippen LogP contribution in [0.25, 0.3) is 0 Å². The van der Waals surface area contributed by atoms with Crippen LogP contribution in [-0.4, -0.2) is 48.1 Å². The van der Waals surface area contributed by atoms with E-state index in [1.807, 2.05) is 61.5 Å². The average Bonchev–Trinajstić information content (AvgIpc) is 4.08. The maximum absolute atomic E-state index is 14.4. The van der Waals surface area contributed by atoms with E-state index in [-0.39, 0.29) is 36.0 Å². The van der Waals surface area contributed by atoms with Crippen molar-refractivity contribution in [1.82, 2.24) is 5.32 Å². The van der Waals surface area contributed by atoms with Crippen molar-refractivity contribution < 1.29 is 38.4 Å². The number of carbonyl (C=O) groups excluding carboxylic acids is 2. The van der Waals surface area contributed by atoms with E-state index in [0.29, 0.717) is 30.4 Å². The van der Waals surface area contributed by atoms with Crippen molar-refractivity contribution in [2.24, 2.45) is 0 Å². The molecular formula is C48H55NO8.